The topological polar surface area (TPSA) is 70.0 Å². The van der Waals surface area contributed by atoms with E-state index < -0.39 is 16.8 Å². The van der Waals surface area contributed by atoms with Gasteiger partial charge >= 0.3 is 11.2 Å². The molecule has 0 aliphatic rings. The van der Waals surface area contributed by atoms with E-state index in [0.29, 0.717) is 13.0 Å². The Morgan fingerprint density at radius 1 is 1.26 bits per heavy atom. The van der Waals surface area contributed by atoms with Crippen molar-refractivity contribution in [3.05, 3.63) is 33.1 Å². The lowest BCUT2D eigenvalue weighted by Crippen LogP contribution is -2.39. The Kier molecular flexibility index (Phi) is 5.67. The summed E-state index contributed by atoms with van der Waals surface area (Å²) >= 11 is -0.202. The summed E-state index contributed by atoms with van der Waals surface area (Å²) < 4.78 is 38.0. The molecule has 19 heavy (non-hydrogen) atoms. The molecule has 1 aromatic rings. The zero-order valence-electron chi connectivity index (χ0n) is 10.0. The van der Waals surface area contributed by atoms with Crippen LogP contribution in [0, 0.1) is 0 Å². The van der Waals surface area contributed by atoms with Crippen LogP contribution in [-0.4, -0.2) is 26.9 Å². The molecule has 0 aromatic carbocycles. The zero-order chi connectivity index (χ0) is 14.5. The number of hydrogen-bond donors (Lipinski definition) is 1. The third kappa shape index (κ3) is 5.11. The second-order valence-corrected chi connectivity index (χ2v) is 4.88. The average Bonchev–Trinajstić information content (AvgIpc) is 2.30. The van der Waals surface area contributed by atoms with Gasteiger partial charge in [0.05, 0.1) is 0 Å². The van der Waals surface area contributed by atoms with Gasteiger partial charge in [-0.1, -0.05) is 0 Å². The Morgan fingerprint density at radius 3 is 2.53 bits per heavy atom. The number of thioether (sulfide) groups is 1. The molecule has 0 amide bonds. The molecule has 0 unspecified atom stereocenters. The number of rotatable bonds is 6. The summed E-state index contributed by atoms with van der Waals surface area (Å²) in [5.74, 6) is -0.279. The first kappa shape index (κ1) is 15.8. The molecule has 0 radical (unpaired) electrons. The van der Waals surface area contributed by atoms with E-state index in [1.165, 1.54) is 6.20 Å². The molecular formula is C10H14F3N3O2S. The molecule has 2 N–H and O–H groups in total. The van der Waals surface area contributed by atoms with Crippen LogP contribution in [0.3, 0.4) is 0 Å². The Hall–Kier alpha value is -1.22. The number of alkyl halides is 3. The second-order valence-electron chi connectivity index (χ2n) is 3.72. The Bertz CT molecular complexity index is 524. The molecule has 0 aliphatic heterocycles. The van der Waals surface area contributed by atoms with Crippen molar-refractivity contribution in [2.24, 2.45) is 5.73 Å². The average molecular weight is 297 g/mol. The number of hydrogen-bond acceptors (Lipinski definition) is 4. The molecule has 0 fully saturated rings. The van der Waals surface area contributed by atoms with E-state index >= 15 is 0 Å². The van der Waals surface area contributed by atoms with Crippen molar-refractivity contribution in [3.63, 3.8) is 0 Å². The predicted octanol–water partition coefficient (Wildman–Crippen LogP) is 0.612. The number of halogens is 3. The maximum absolute atomic E-state index is 12.0. The molecule has 0 saturated heterocycles. The summed E-state index contributed by atoms with van der Waals surface area (Å²) in [7, 11) is 0. The van der Waals surface area contributed by atoms with Crippen molar-refractivity contribution < 1.29 is 13.2 Å². The van der Waals surface area contributed by atoms with E-state index in [-0.39, 0.29) is 30.6 Å². The molecule has 0 aliphatic carbocycles. The van der Waals surface area contributed by atoms with Crippen molar-refractivity contribution in [2.45, 2.75) is 25.0 Å². The predicted molar refractivity (Wildman–Crippen MR) is 67.1 cm³/mol. The first-order valence-electron chi connectivity index (χ1n) is 5.56. The van der Waals surface area contributed by atoms with Crippen molar-refractivity contribution in [1.82, 2.24) is 9.13 Å². The maximum atomic E-state index is 12.0. The first-order chi connectivity index (χ1) is 8.85. The minimum Gasteiger partial charge on any atom is -0.330 e. The highest BCUT2D eigenvalue weighted by Gasteiger charge is 2.27. The van der Waals surface area contributed by atoms with Gasteiger partial charge in [0.1, 0.15) is 0 Å². The largest absolute Gasteiger partial charge is 0.441 e. The second kappa shape index (κ2) is 6.80. The van der Waals surface area contributed by atoms with Gasteiger partial charge in [-0.3, -0.25) is 13.9 Å². The molecular weight excluding hydrogens is 283 g/mol. The fourth-order valence-corrected chi connectivity index (χ4v) is 1.96. The minimum absolute atomic E-state index is 0.105. The number of nitrogens with two attached hydrogens (primary N) is 1. The summed E-state index contributed by atoms with van der Waals surface area (Å²) in [6.45, 7) is 0.387. The fraction of sp³-hybridized carbons (Fsp3) is 0.600. The molecule has 0 atom stereocenters. The van der Waals surface area contributed by atoms with Gasteiger partial charge in [0.2, 0.25) is 0 Å². The van der Waals surface area contributed by atoms with Crippen LogP contribution in [0.15, 0.2) is 21.9 Å². The third-order valence-corrected chi connectivity index (χ3v) is 3.04. The molecule has 1 aromatic heterocycles. The van der Waals surface area contributed by atoms with Gasteiger partial charge < -0.3 is 5.73 Å². The summed E-state index contributed by atoms with van der Waals surface area (Å²) in [6.07, 6.45) is 1.66. The molecule has 5 nitrogen and oxygen atoms in total. The van der Waals surface area contributed by atoms with Crippen LogP contribution < -0.4 is 17.0 Å². The first-order valence-corrected chi connectivity index (χ1v) is 6.55. The van der Waals surface area contributed by atoms with Gasteiger partial charge in [-0.25, -0.2) is 4.79 Å². The van der Waals surface area contributed by atoms with E-state index in [4.69, 9.17) is 5.73 Å². The van der Waals surface area contributed by atoms with Crippen LogP contribution in [0.4, 0.5) is 13.2 Å². The van der Waals surface area contributed by atoms with E-state index in [1.54, 1.807) is 0 Å². The van der Waals surface area contributed by atoms with Crippen molar-refractivity contribution in [2.75, 3.05) is 12.3 Å². The highest BCUT2D eigenvalue weighted by atomic mass is 32.2. The zero-order valence-corrected chi connectivity index (χ0v) is 10.8. The highest BCUT2D eigenvalue weighted by molar-refractivity contribution is 8.00. The monoisotopic (exact) mass is 297 g/mol. The van der Waals surface area contributed by atoms with Gasteiger partial charge in [0.15, 0.2) is 0 Å². The maximum Gasteiger partial charge on any atom is 0.441 e. The lowest BCUT2D eigenvalue weighted by atomic mass is 10.4. The van der Waals surface area contributed by atoms with Gasteiger partial charge in [-0.05, 0) is 24.7 Å². The molecule has 0 bridgehead atoms. The Balaban J connectivity index is 2.80. The third-order valence-electron chi connectivity index (χ3n) is 2.32. The van der Waals surface area contributed by atoms with Crippen LogP contribution in [0.25, 0.3) is 0 Å². The Labute approximate surface area is 111 Å². The number of aryl methyl sites for hydroxylation is 1. The van der Waals surface area contributed by atoms with E-state index in [1.807, 2.05) is 0 Å². The number of aromatic nitrogens is 2. The quantitative estimate of drug-likeness (QED) is 0.835. The van der Waals surface area contributed by atoms with Gasteiger partial charge in [-0.15, -0.1) is 0 Å². The summed E-state index contributed by atoms with van der Waals surface area (Å²) in [5, 5.41) is 0. The minimum atomic E-state index is -4.32. The SMILES string of the molecule is NCCCn1c(=O)ccn(CCSC(F)(F)F)c1=O. The van der Waals surface area contributed by atoms with E-state index in [9.17, 15) is 22.8 Å². The van der Waals surface area contributed by atoms with Crippen molar-refractivity contribution in [3.8, 4) is 0 Å². The van der Waals surface area contributed by atoms with E-state index in [2.05, 4.69) is 0 Å². The van der Waals surface area contributed by atoms with Crippen molar-refractivity contribution >= 4 is 11.8 Å². The molecule has 9 heteroatoms. The summed E-state index contributed by atoms with van der Waals surface area (Å²) in [5.41, 5.74) is -0.113. The highest BCUT2D eigenvalue weighted by Crippen LogP contribution is 2.29. The number of nitrogens with zero attached hydrogens (tertiary/aromatic N) is 2. The van der Waals surface area contributed by atoms with Crippen LogP contribution >= 0.6 is 11.8 Å². The standard InChI is InChI=1S/C10H14F3N3O2S/c11-10(12,13)19-7-6-15-5-2-8(17)16(9(15)18)4-1-3-14/h2,5H,1,3-4,6-7,14H2. The molecule has 0 saturated carbocycles. The molecule has 1 heterocycles. The van der Waals surface area contributed by atoms with E-state index in [0.717, 1.165) is 15.2 Å². The lowest BCUT2D eigenvalue weighted by Gasteiger charge is -2.10. The Morgan fingerprint density at radius 2 is 1.95 bits per heavy atom. The summed E-state index contributed by atoms with van der Waals surface area (Å²) in [4.78, 5) is 23.3. The molecule has 1 rings (SSSR count). The van der Waals surface area contributed by atoms with Crippen LogP contribution in [-0.2, 0) is 13.1 Å². The van der Waals surface area contributed by atoms with Gasteiger partial charge in [0.25, 0.3) is 5.56 Å². The van der Waals surface area contributed by atoms with Gasteiger partial charge in [-0.2, -0.15) is 13.2 Å². The smallest absolute Gasteiger partial charge is 0.330 e. The van der Waals surface area contributed by atoms with Crippen molar-refractivity contribution in [1.29, 1.82) is 0 Å². The normalized spacial score (nSPS) is 11.8. The molecule has 108 valence electrons. The summed E-state index contributed by atoms with van der Waals surface area (Å²) in [6, 6.07) is 1.16. The van der Waals surface area contributed by atoms with Crippen LogP contribution in [0.2, 0.25) is 0 Å². The van der Waals surface area contributed by atoms with Gasteiger partial charge in [0, 0.05) is 31.1 Å². The fourth-order valence-electron chi connectivity index (χ4n) is 1.44. The lowest BCUT2D eigenvalue weighted by molar-refractivity contribution is -0.0328. The molecule has 0 spiro atoms. The van der Waals surface area contributed by atoms with Crippen LogP contribution in [0.1, 0.15) is 6.42 Å². The van der Waals surface area contributed by atoms with Crippen LogP contribution in [0.5, 0.6) is 0 Å².